The molecular weight excluding hydrogens is 288 g/mol. The van der Waals surface area contributed by atoms with Crippen LogP contribution in [0.25, 0.3) is 17.1 Å². The maximum Gasteiger partial charge on any atom is 0.293 e. The molecule has 0 radical (unpaired) electrons. The van der Waals surface area contributed by atoms with Crippen LogP contribution in [0.1, 0.15) is 16.2 Å². The molecule has 0 N–H and O–H groups in total. The van der Waals surface area contributed by atoms with Gasteiger partial charge >= 0.3 is 0 Å². The second-order valence-corrected chi connectivity index (χ2v) is 5.57. The zero-order chi connectivity index (χ0) is 16.4. The molecule has 0 saturated carbocycles. The second kappa shape index (κ2) is 6.04. The van der Waals surface area contributed by atoms with Crippen molar-refractivity contribution in [2.75, 3.05) is 14.1 Å². The summed E-state index contributed by atoms with van der Waals surface area (Å²) in [6.07, 6.45) is 0. The largest absolute Gasteiger partial charge is 0.342 e. The van der Waals surface area contributed by atoms with Crippen LogP contribution >= 0.6 is 0 Å². The van der Waals surface area contributed by atoms with Gasteiger partial charge in [-0.2, -0.15) is 0 Å². The zero-order valence-corrected chi connectivity index (χ0v) is 13.4. The third kappa shape index (κ3) is 2.99. The van der Waals surface area contributed by atoms with Crippen LogP contribution in [-0.2, 0) is 0 Å². The molecule has 0 saturated heterocycles. The molecule has 5 heteroatoms. The molecule has 2 aromatic carbocycles. The van der Waals surface area contributed by atoms with Crippen LogP contribution in [0.2, 0.25) is 0 Å². The monoisotopic (exact) mass is 306 g/mol. The highest BCUT2D eigenvalue weighted by Gasteiger charge is 2.19. The number of hydrogen-bond donors (Lipinski definition) is 0. The number of carbonyl (C=O) groups is 1. The number of aryl methyl sites for hydroxylation is 1. The third-order valence-electron chi connectivity index (χ3n) is 3.52. The number of hydrogen-bond acceptors (Lipinski definition) is 3. The molecule has 0 aliphatic rings. The standard InChI is InChI=1S/C18H18N4O/c1-13-9-11-15(12-10-13)22-17(14-7-5-4-6-8-14)19-16(20-22)18(23)21(2)3/h4-12H,1-3H3. The summed E-state index contributed by atoms with van der Waals surface area (Å²) in [6.45, 7) is 2.03. The quantitative estimate of drug-likeness (QED) is 0.747. The number of rotatable bonds is 3. The van der Waals surface area contributed by atoms with Crippen LogP contribution in [0.15, 0.2) is 54.6 Å². The van der Waals surface area contributed by atoms with Gasteiger partial charge in [-0.3, -0.25) is 4.79 Å². The highest BCUT2D eigenvalue weighted by atomic mass is 16.2. The summed E-state index contributed by atoms with van der Waals surface area (Å²) in [4.78, 5) is 18.2. The second-order valence-electron chi connectivity index (χ2n) is 5.57. The van der Waals surface area contributed by atoms with E-state index in [-0.39, 0.29) is 11.7 Å². The minimum atomic E-state index is -0.215. The van der Waals surface area contributed by atoms with E-state index in [2.05, 4.69) is 10.1 Å². The van der Waals surface area contributed by atoms with Crippen LogP contribution in [0.5, 0.6) is 0 Å². The lowest BCUT2D eigenvalue weighted by Crippen LogP contribution is -2.23. The zero-order valence-electron chi connectivity index (χ0n) is 13.4. The Kier molecular flexibility index (Phi) is 3.93. The third-order valence-corrected chi connectivity index (χ3v) is 3.52. The lowest BCUT2D eigenvalue weighted by atomic mass is 10.2. The Morgan fingerprint density at radius 2 is 1.65 bits per heavy atom. The van der Waals surface area contributed by atoms with E-state index in [1.165, 1.54) is 10.5 Å². The minimum Gasteiger partial charge on any atom is -0.342 e. The van der Waals surface area contributed by atoms with Crippen LogP contribution < -0.4 is 0 Å². The first kappa shape index (κ1) is 15.0. The van der Waals surface area contributed by atoms with Gasteiger partial charge in [0.05, 0.1) is 5.69 Å². The number of aromatic nitrogens is 3. The smallest absolute Gasteiger partial charge is 0.293 e. The number of benzene rings is 2. The molecule has 0 spiro atoms. The minimum absolute atomic E-state index is 0.189. The van der Waals surface area contributed by atoms with Gasteiger partial charge < -0.3 is 4.90 Å². The fourth-order valence-electron chi connectivity index (χ4n) is 2.24. The molecule has 1 heterocycles. The van der Waals surface area contributed by atoms with Gasteiger partial charge in [0, 0.05) is 19.7 Å². The predicted octanol–water partition coefficient (Wildman–Crippen LogP) is 2.94. The molecule has 0 aliphatic carbocycles. The molecule has 0 atom stereocenters. The summed E-state index contributed by atoms with van der Waals surface area (Å²) in [5.74, 6) is 0.627. The average Bonchev–Trinajstić information content (AvgIpc) is 3.00. The van der Waals surface area contributed by atoms with Gasteiger partial charge in [0.2, 0.25) is 5.82 Å². The fraction of sp³-hybridized carbons (Fsp3) is 0.167. The summed E-state index contributed by atoms with van der Waals surface area (Å²) < 4.78 is 1.71. The first-order valence-electron chi connectivity index (χ1n) is 7.37. The topological polar surface area (TPSA) is 51.0 Å². The Balaban J connectivity index is 2.16. The van der Waals surface area contributed by atoms with Gasteiger partial charge in [0.25, 0.3) is 5.91 Å². The van der Waals surface area contributed by atoms with Crippen LogP contribution in [-0.4, -0.2) is 39.7 Å². The van der Waals surface area contributed by atoms with Gasteiger partial charge in [-0.05, 0) is 19.1 Å². The Morgan fingerprint density at radius 1 is 1.00 bits per heavy atom. The lowest BCUT2D eigenvalue weighted by molar-refractivity contribution is 0.0816. The van der Waals surface area contributed by atoms with Crippen molar-refractivity contribution in [3.8, 4) is 17.1 Å². The first-order chi connectivity index (χ1) is 11.1. The van der Waals surface area contributed by atoms with Crippen molar-refractivity contribution in [3.05, 3.63) is 66.0 Å². The molecule has 1 aromatic heterocycles. The van der Waals surface area contributed by atoms with Crippen LogP contribution in [0.4, 0.5) is 0 Å². The van der Waals surface area contributed by atoms with E-state index >= 15 is 0 Å². The summed E-state index contributed by atoms with van der Waals surface area (Å²) in [6, 6.07) is 17.7. The van der Waals surface area contributed by atoms with Crippen molar-refractivity contribution < 1.29 is 4.79 Å². The summed E-state index contributed by atoms with van der Waals surface area (Å²) in [7, 11) is 3.38. The lowest BCUT2D eigenvalue weighted by Gasteiger charge is -2.06. The molecule has 0 bridgehead atoms. The number of nitrogens with zero attached hydrogens (tertiary/aromatic N) is 4. The van der Waals surface area contributed by atoms with E-state index in [4.69, 9.17) is 0 Å². The number of carbonyl (C=O) groups excluding carboxylic acids is 1. The Bertz CT molecular complexity index is 820. The van der Waals surface area contributed by atoms with Crippen molar-refractivity contribution in [3.63, 3.8) is 0 Å². The predicted molar refractivity (Wildman–Crippen MR) is 89.5 cm³/mol. The highest BCUT2D eigenvalue weighted by Crippen LogP contribution is 2.21. The molecule has 116 valence electrons. The van der Waals surface area contributed by atoms with Crippen molar-refractivity contribution in [2.45, 2.75) is 6.92 Å². The van der Waals surface area contributed by atoms with Gasteiger partial charge in [-0.1, -0.05) is 48.0 Å². The van der Waals surface area contributed by atoms with Gasteiger partial charge in [-0.15, -0.1) is 5.10 Å². The Hall–Kier alpha value is -2.95. The molecule has 0 unspecified atom stereocenters. The Labute approximate surface area is 135 Å². The van der Waals surface area contributed by atoms with Crippen LogP contribution in [0.3, 0.4) is 0 Å². The summed E-state index contributed by atoms with van der Waals surface area (Å²) in [5.41, 5.74) is 2.96. The summed E-state index contributed by atoms with van der Waals surface area (Å²) in [5, 5.41) is 4.42. The highest BCUT2D eigenvalue weighted by molar-refractivity contribution is 5.90. The fourth-order valence-corrected chi connectivity index (χ4v) is 2.24. The van der Waals surface area contributed by atoms with Crippen molar-refractivity contribution in [2.24, 2.45) is 0 Å². The molecule has 3 rings (SSSR count). The normalized spacial score (nSPS) is 10.6. The number of amides is 1. The maximum absolute atomic E-state index is 12.2. The molecule has 3 aromatic rings. The van der Waals surface area contributed by atoms with Gasteiger partial charge in [-0.25, -0.2) is 9.67 Å². The van der Waals surface area contributed by atoms with Crippen molar-refractivity contribution in [1.29, 1.82) is 0 Å². The van der Waals surface area contributed by atoms with E-state index in [1.807, 2.05) is 61.5 Å². The molecule has 0 fully saturated rings. The SMILES string of the molecule is Cc1ccc(-n2nc(C(=O)N(C)C)nc2-c2ccccc2)cc1. The molecule has 0 aliphatic heterocycles. The maximum atomic E-state index is 12.2. The van der Waals surface area contributed by atoms with Crippen molar-refractivity contribution in [1.82, 2.24) is 19.7 Å². The van der Waals surface area contributed by atoms with E-state index in [0.717, 1.165) is 11.3 Å². The van der Waals surface area contributed by atoms with Crippen LogP contribution in [0, 0.1) is 6.92 Å². The van der Waals surface area contributed by atoms with E-state index < -0.39 is 0 Å². The summed E-state index contributed by atoms with van der Waals surface area (Å²) >= 11 is 0. The molecular formula is C18H18N4O. The average molecular weight is 306 g/mol. The van der Waals surface area contributed by atoms with Gasteiger partial charge in [0.15, 0.2) is 5.82 Å². The molecule has 1 amide bonds. The molecule has 23 heavy (non-hydrogen) atoms. The van der Waals surface area contributed by atoms with Gasteiger partial charge in [0.1, 0.15) is 0 Å². The van der Waals surface area contributed by atoms with Crippen molar-refractivity contribution >= 4 is 5.91 Å². The molecule has 5 nitrogen and oxygen atoms in total. The first-order valence-corrected chi connectivity index (χ1v) is 7.37. The Morgan fingerprint density at radius 3 is 2.26 bits per heavy atom. The van der Waals surface area contributed by atoms with E-state index in [0.29, 0.717) is 5.82 Å². The van der Waals surface area contributed by atoms with E-state index in [9.17, 15) is 4.79 Å². The van der Waals surface area contributed by atoms with E-state index in [1.54, 1.807) is 18.8 Å².